The van der Waals surface area contributed by atoms with Gasteiger partial charge >= 0.3 is 0 Å². The Kier molecular flexibility index (Phi) is 4.11. The van der Waals surface area contributed by atoms with Crippen LogP contribution in [0.5, 0.6) is 0 Å². The summed E-state index contributed by atoms with van der Waals surface area (Å²) >= 11 is 1.59. The molecule has 3 aromatic rings. The largest absolute Gasteiger partial charge is 0.321 e. The number of imidazole rings is 1. The van der Waals surface area contributed by atoms with Crippen LogP contribution in [-0.4, -0.2) is 20.4 Å². The van der Waals surface area contributed by atoms with Crippen molar-refractivity contribution >= 4 is 29.0 Å². The molecule has 0 fully saturated rings. The van der Waals surface area contributed by atoms with E-state index in [1.165, 1.54) is 6.08 Å². The van der Waals surface area contributed by atoms with E-state index >= 15 is 0 Å². The first-order chi connectivity index (χ1) is 10.7. The molecule has 0 radical (unpaired) electrons. The van der Waals surface area contributed by atoms with E-state index in [4.69, 9.17) is 0 Å². The Balaban J connectivity index is 1.66. The van der Waals surface area contributed by atoms with Gasteiger partial charge in [-0.1, -0.05) is 6.07 Å². The number of nitrogens with zero attached hydrogens (tertiary/aromatic N) is 3. The van der Waals surface area contributed by atoms with Crippen molar-refractivity contribution in [3.05, 3.63) is 65.0 Å². The average molecular weight is 310 g/mol. The first-order valence-corrected chi connectivity index (χ1v) is 7.59. The van der Waals surface area contributed by atoms with E-state index in [0.29, 0.717) is 5.69 Å². The van der Waals surface area contributed by atoms with E-state index in [2.05, 4.69) is 15.3 Å². The van der Waals surface area contributed by atoms with E-state index in [1.54, 1.807) is 29.8 Å². The highest BCUT2D eigenvalue weighted by Crippen LogP contribution is 2.13. The Hall–Kier alpha value is -2.73. The van der Waals surface area contributed by atoms with Gasteiger partial charge < -0.3 is 5.32 Å². The molecule has 0 aliphatic carbocycles. The number of amides is 1. The van der Waals surface area contributed by atoms with E-state index in [9.17, 15) is 4.79 Å². The molecule has 110 valence electrons. The molecule has 1 amide bonds. The van der Waals surface area contributed by atoms with Gasteiger partial charge in [0.1, 0.15) is 11.6 Å². The van der Waals surface area contributed by atoms with Gasteiger partial charge in [0.25, 0.3) is 0 Å². The van der Waals surface area contributed by atoms with Crippen LogP contribution in [0.4, 0.5) is 5.69 Å². The summed E-state index contributed by atoms with van der Waals surface area (Å²) in [5, 5.41) is 4.75. The van der Waals surface area contributed by atoms with Crippen LogP contribution in [0.2, 0.25) is 0 Å². The lowest BCUT2D eigenvalue weighted by atomic mass is 10.3. The van der Waals surface area contributed by atoms with E-state index < -0.39 is 0 Å². The standard InChI is InChI=1S/C16H14N4OS/c1-12-17-8-9-20(12)15-6-4-13(11-18-15)19-16(21)7-5-14-3-2-10-22-14/h2-11H,1H3,(H,19,21)/b7-5+. The molecule has 5 nitrogen and oxygen atoms in total. The summed E-state index contributed by atoms with van der Waals surface area (Å²) in [6, 6.07) is 7.56. The lowest BCUT2D eigenvalue weighted by Gasteiger charge is -2.06. The minimum Gasteiger partial charge on any atom is -0.321 e. The highest BCUT2D eigenvalue weighted by Gasteiger charge is 2.03. The van der Waals surface area contributed by atoms with Crippen LogP contribution in [0.15, 0.2) is 54.3 Å². The summed E-state index contributed by atoms with van der Waals surface area (Å²) in [4.78, 5) is 21.4. The second-order valence-electron chi connectivity index (χ2n) is 4.59. The third kappa shape index (κ3) is 3.29. The number of anilines is 1. The molecule has 22 heavy (non-hydrogen) atoms. The van der Waals surface area contributed by atoms with Crippen molar-refractivity contribution in [1.29, 1.82) is 0 Å². The highest BCUT2D eigenvalue weighted by molar-refractivity contribution is 7.10. The number of pyridine rings is 1. The zero-order chi connectivity index (χ0) is 15.4. The van der Waals surface area contributed by atoms with Gasteiger partial charge in [-0.2, -0.15) is 0 Å². The smallest absolute Gasteiger partial charge is 0.248 e. The summed E-state index contributed by atoms with van der Waals surface area (Å²) in [5.74, 6) is 1.45. The second kappa shape index (κ2) is 6.36. The molecule has 0 bridgehead atoms. The molecule has 3 rings (SSSR count). The van der Waals surface area contributed by atoms with Crippen molar-refractivity contribution in [1.82, 2.24) is 14.5 Å². The fraction of sp³-hybridized carbons (Fsp3) is 0.0625. The minimum atomic E-state index is -0.179. The Morgan fingerprint density at radius 1 is 1.32 bits per heavy atom. The van der Waals surface area contributed by atoms with Crippen molar-refractivity contribution in [2.75, 3.05) is 5.32 Å². The molecule has 0 unspecified atom stereocenters. The molecule has 0 atom stereocenters. The summed E-state index contributed by atoms with van der Waals surface area (Å²) in [5.41, 5.74) is 0.655. The number of hydrogen-bond donors (Lipinski definition) is 1. The second-order valence-corrected chi connectivity index (χ2v) is 5.57. The first kappa shape index (κ1) is 14.2. The summed E-state index contributed by atoms with van der Waals surface area (Å²) in [6.07, 6.45) is 8.50. The number of nitrogens with one attached hydrogen (secondary N) is 1. The number of hydrogen-bond acceptors (Lipinski definition) is 4. The number of aryl methyl sites for hydroxylation is 1. The van der Waals surface area contributed by atoms with Crippen LogP contribution in [0.25, 0.3) is 11.9 Å². The summed E-state index contributed by atoms with van der Waals surface area (Å²) in [7, 11) is 0. The zero-order valence-corrected chi connectivity index (χ0v) is 12.7. The predicted molar refractivity (Wildman–Crippen MR) is 88.1 cm³/mol. The molecule has 6 heteroatoms. The Bertz CT molecular complexity index is 788. The van der Waals surface area contributed by atoms with Gasteiger partial charge in [-0.25, -0.2) is 9.97 Å². The van der Waals surface area contributed by atoms with Crippen LogP contribution in [0.3, 0.4) is 0 Å². The highest BCUT2D eigenvalue weighted by atomic mass is 32.1. The fourth-order valence-corrected chi connectivity index (χ4v) is 2.57. The molecule has 0 saturated carbocycles. The molecule has 0 aliphatic rings. The maximum Gasteiger partial charge on any atom is 0.248 e. The molecule has 0 aliphatic heterocycles. The van der Waals surface area contributed by atoms with Crippen molar-refractivity contribution in [3.8, 4) is 5.82 Å². The summed E-state index contributed by atoms with van der Waals surface area (Å²) < 4.78 is 1.88. The zero-order valence-electron chi connectivity index (χ0n) is 11.9. The van der Waals surface area contributed by atoms with E-state index in [-0.39, 0.29) is 5.91 Å². The van der Waals surface area contributed by atoms with Gasteiger partial charge in [0.2, 0.25) is 5.91 Å². The lowest BCUT2D eigenvalue weighted by Crippen LogP contribution is -2.08. The molecular weight excluding hydrogens is 296 g/mol. The van der Waals surface area contributed by atoms with Gasteiger partial charge in [0, 0.05) is 23.3 Å². The number of thiophene rings is 1. The SMILES string of the molecule is Cc1nccn1-c1ccc(NC(=O)/C=C/c2cccs2)cn1. The van der Waals surface area contributed by atoms with Crippen LogP contribution in [-0.2, 0) is 4.79 Å². The third-order valence-electron chi connectivity index (χ3n) is 3.03. The van der Waals surface area contributed by atoms with Gasteiger partial charge in [0.05, 0.1) is 11.9 Å². The average Bonchev–Trinajstić information content (AvgIpc) is 3.17. The molecule has 3 heterocycles. The summed E-state index contributed by atoms with van der Waals surface area (Å²) in [6.45, 7) is 1.91. The van der Waals surface area contributed by atoms with Crippen LogP contribution >= 0.6 is 11.3 Å². The third-order valence-corrected chi connectivity index (χ3v) is 3.87. The number of carbonyl (C=O) groups excluding carboxylic acids is 1. The molecule has 3 aromatic heterocycles. The first-order valence-electron chi connectivity index (χ1n) is 6.71. The molecule has 0 aromatic carbocycles. The maximum atomic E-state index is 11.8. The number of carbonyl (C=O) groups is 1. The van der Waals surface area contributed by atoms with Gasteiger partial charge in [0.15, 0.2) is 0 Å². The van der Waals surface area contributed by atoms with Gasteiger partial charge in [-0.05, 0) is 36.6 Å². The normalized spacial score (nSPS) is 11.0. The van der Waals surface area contributed by atoms with E-state index in [0.717, 1.165) is 16.5 Å². The van der Waals surface area contributed by atoms with Crippen LogP contribution in [0, 0.1) is 6.92 Å². The maximum absolute atomic E-state index is 11.8. The van der Waals surface area contributed by atoms with Crippen molar-refractivity contribution < 1.29 is 4.79 Å². The quantitative estimate of drug-likeness (QED) is 0.752. The number of aromatic nitrogens is 3. The monoisotopic (exact) mass is 310 g/mol. The minimum absolute atomic E-state index is 0.179. The number of rotatable bonds is 4. The molecule has 1 N–H and O–H groups in total. The van der Waals surface area contributed by atoms with Crippen LogP contribution in [0.1, 0.15) is 10.7 Å². The van der Waals surface area contributed by atoms with E-state index in [1.807, 2.05) is 47.3 Å². The Morgan fingerprint density at radius 2 is 2.23 bits per heavy atom. The van der Waals surface area contributed by atoms with Crippen molar-refractivity contribution in [2.45, 2.75) is 6.92 Å². The van der Waals surface area contributed by atoms with Crippen molar-refractivity contribution in [2.24, 2.45) is 0 Å². The molecule has 0 spiro atoms. The fourth-order valence-electron chi connectivity index (χ4n) is 1.95. The topological polar surface area (TPSA) is 59.8 Å². The van der Waals surface area contributed by atoms with Crippen molar-refractivity contribution in [3.63, 3.8) is 0 Å². The van der Waals surface area contributed by atoms with Crippen LogP contribution < -0.4 is 5.32 Å². The molecular formula is C16H14N4OS. The lowest BCUT2D eigenvalue weighted by molar-refractivity contribution is -0.111. The van der Waals surface area contributed by atoms with Gasteiger partial charge in [-0.15, -0.1) is 11.3 Å². The van der Waals surface area contributed by atoms with Gasteiger partial charge in [-0.3, -0.25) is 9.36 Å². The Labute approximate surface area is 132 Å². The predicted octanol–water partition coefficient (Wildman–Crippen LogP) is 3.29. The molecule has 0 saturated heterocycles. The Morgan fingerprint density at radius 3 is 2.86 bits per heavy atom.